The highest BCUT2D eigenvalue weighted by Crippen LogP contribution is 2.25. The average Bonchev–Trinajstić information content (AvgIpc) is 2.91. The minimum Gasteiger partial charge on any atom is -0.480 e. The van der Waals surface area contributed by atoms with Gasteiger partial charge >= 0.3 is 5.97 Å². The Morgan fingerprint density at radius 3 is 2.15 bits per heavy atom. The van der Waals surface area contributed by atoms with Crippen LogP contribution < -0.4 is 0 Å². The molecule has 2 fully saturated rings. The SMILES string of the molecule is CC(C)(C(=O)O)C(=O)N1CCC(CN2CCCC2)CC1. The van der Waals surface area contributed by atoms with Crippen LogP contribution in [0.3, 0.4) is 0 Å². The number of carbonyl (C=O) groups excluding carboxylic acids is 1. The van der Waals surface area contributed by atoms with Crippen LogP contribution >= 0.6 is 0 Å². The molecule has 2 rings (SSSR count). The van der Waals surface area contributed by atoms with E-state index in [0.717, 1.165) is 19.4 Å². The first-order chi connectivity index (χ1) is 9.41. The molecule has 0 unspecified atom stereocenters. The number of amides is 1. The van der Waals surface area contributed by atoms with Gasteiger partial charge in [-0.15, -0.1) is 0 Å². The topological polar surface area (TPSA) is 60.9 Å². The first-order valence-electron chi connectivity index (χ1n) is 7.66. The van der Waals surface area contributed by atoms with Crippen molar-refractivity contribution in [2.45, 2.75) is 39.5 Å². The fourth-order valence-electron chi connectivity index (χ4n) is 3.14. The van der Waals surface area contributed by atoms with Crippen LogP contribution in [0, 0.1) is 11.3 Å². The second kappa shape index (κ2) is 6.12. The molecule has 0 bridgehead atoms. The number of rotatable bonds is 4. The first kappa shape index (κ1) is 15.3. The van der Waals surface area contributed by atoms with Crippen LogP contribution in [-0.4, -0.2) is 59.5 Å². The summed E-state index contributed by atoms with van der Waals surface area (Å²) in [5.41, 5.74) is -1.30. The van der Waals surface area contributed by atoms with Crippen molar-refractivity contribution in [3.8, 4) is 0 Å². The molecule has 0 aromatic rings. The van der Waals surface area contributed by atoms with E-state index < -0.39 is 11.4 Å². The summed E-state index contributed by atoms with van der Waals surface area (Å²) in [7, 11) is 0. The van der Waals surface area contributed by atoms with Gasteiger partial charge in [0.15, 0.2) is 0 Å². The largest absolute Gasteiger partial charge is 0.480 e. The lowest BCUT2D eigenvalue weighted by Gasteiger charge is -2.36. The van der Waals surface area contributed by atoms with E-state index in [9.17, 15) is 9.59 Å². The van der Waals surface area contributed by atoms with Gasteiger partial charge in [-0.3, -0.25) is 9.59 Å². The number of hydrogen-bond donors (Lipinski definition) is 1. The molecule has 5 heteroatoms. The third kappa shape index (κ3) is 3.32. The van der Waals surface area contributed by atoms with Crippen molar-refractivity contribution in [2.75, 3.05) is 32.7 Å². The van der Waals surface area contributed by atoms with Crippen molar-refractivity contribution < 1.29 is 14.7 Å². The molecule has 2 saturated heterocycles. The third-order valence-corrected chi connectivity index (χ3v) is 4.69. The standard InChI is InChI=1S/C15H26N2O3/c1-15(2,14(19)20)13(18)17-9-5-12(6-10-17)11-16-7-3-4-8-16/h12H,3-11H2,1-2H3,(H,19,20). The summed E-state index contributed by atoms with van der Waals surface area (Å²) in [5, 5.41) is 9.13. The molecule has 5 nitrogen and oxygen atoms in total. The van der Waals surface area contributed by atoms with E-state index in [-0.39, 0.29) is 5.91 Å². The number of carboxylic acid groups (broad SMARTS) is 1. The fourth-order valence-corrected chi connectivity index (χ4v) is 3.14. The first-order valence-corrected chi connectivity index (χ1v) is 7.66. The Balaban J connectivity index is 1.81. The average molecular weight is 282 g/mol. The Morgan fingerprint density at radius 1 is 1.10 bits per heavy atom. The number of likely N-dealkylation sites (tertiary alicyclic amines) is 2. The van der Waals surface area contributed by atoms with Crippen LogP contribution in [0.25, 0.3) is 0 Å². The van der Waals surface area contributed by atoms with E-state index in [1.807, 2.05) is 0 Å². The zero-order valence-electron chi connectivity index (χ0n) is 12.6. The highest BCUT2D eigenvalue weighted by molar-refractivity contribution is 6.01. The zero-order valence-corrected chi connectivity index (χ0v) is 12.6. The summed E-state index contributed by atoms with van der Waals surface area (Å²) in [6.45, 7) is 7.96. The highest BCUT2D eigenvalue weighted by Gasteiger charge is 2.40. The Labute approximate surface area is 120 Å². The van der Waals surface area contributed by atoms with Crippen molar-refractivity contribution in [1.82, 2.24) is 9.80 Å². The molecule has 114 valence electrons. The minimum absolute atomic E-state index is 0.246. The van der Waals surface area contributed by atoms with Gasteiger partial charge in [-0.2, -0.15) is 0 Å². The molecule has 2 aliphatic heterocycles. The van der Waals surface area contributed by atoms with Crippen LogP contribution in [0.5, 0.6) is 0 Å². The van der Waals surface area contributed by atoms with Crippen molar-refractivity contribution in [3.05, 3.63) is 0 Å². The number of carboxylic acids is 1. The Bertz CT molecular complexity index is 367. The lowest BCUT2D eigenvalue weighted by atomic mass is 9.89. The number of carbonyl (C=O) groups is 2. The molecule has 0 aromatic carbocycles. The predicted octanol–water partition coefficient (Wildman–Crippen LogP) is 1.43. The Hall–Kier alpha value is -1.10. The summed E-state index contributed by atoms with van der Waals surface area (Å²) in [6, 6.07) is 0. The van der Waals surface area contributed by atoms with Crippen LogP contribution in [0.15, 0.2) is 0 Å². The molecule has 0 aliphatic carbocycles. The quantitative estimate of drug-likeness (QED) is 0.792. The Morgan fingerprint density at radius 2 is 1.65 bits per heavy atom. The van der Waals surface area contributed by atoms with Gasteiger partial charge in [0.1, 0.15) is 5.41 Å². The molecule has 20 heavy (non-hydrogen) atoms. The van der Waals surface area contributed by atoms with Crippen LogP contribution in [0.1, 0.15) is 39.5 Å². The maximum atomic E-state index is 12.2. The second-order valence-electron chi connectivity index (χ2n) is 6.67. The monoisotopic (exact) mass is 282 g/mol. The maximum Gasteiger partial charge on any atom is 0.318 e. The van der Waals surface area contributed by atoms with Crippen molar-refractivity contribution in [3.63, 3.8) is 0 Å². The number of hydrogen-bond acceptors (Lipinski definition) is 3. The molecule has 1 N–H and O–H groups in total. The summed E-state index contributed by atoms with van der Waals surface area (Å²) < 4.78 is 0. The van der Waals surface area contributed by atoms with E-state index >= 15 is 0 Å². The molecule has 2 heterocycles. The molecule has 0 radical (unpaired) electrons. The number of piperidine rings is 1. The van der Waals surface area contributed by atoms with E-state index in [0.29, 0.717) is 19.0 Å². The summed E-state index contributed by atoms with van der Waals surface area (Å²) in [6.07, 6.45) is 4.62. The lowest BCUT2D eigenvalue weighted by Crippen LogP contribution is -2.49. The third-order valence-electron chi connectivity index (χ3n) is 4.69. The molecule has 2 aliphatic rings. The predicted molar refractivity (Wildman–Crippen MR) is 76.4 cm³/mol. The zero-order chi connectivity index (χ0) is 14.8. The molecular formula is C15H26N2O3. The van der Waals surface area contributed by atoms with E-state index in [4.69, 9.17) is 5.11 Å². The van der Waals surface area contributed by atoms with Gasteiger partial charge < -0.3 is 14.9 Å². The van der Waals surface area contributed by atoms with Gasteiger partial charge in [-0.25, -0.2) is 0 Å². The number of aliphatic carboxylic acids is 1. The van der Waals surface area contributed by atoms with Crippen molar-refractivity contribution >= 4 is 11.9 Å². The molecule has 0 saturated carbocycles. The van der Waals surface area contributed by atoms with Crippen molar-refractivity contribution in [1.29, 1.82) is 0 Å². The lowest BCUT2D eigenvalue weighted by molar-refractivity contribution is -0.158. The van der Waals surface area contributed by atoms with Gasteiger partial charge in [-0.1, -0.05) is 0 Å². The van der Waals surface area contributed by atoms with Crippen LogP contribution in [0.4, 0.5) is 0 Å². The van der Waals surface area contributed by atoms with Gasteiger partial charge in [0.25, 0.3) is 0 Å². The summed E-state index contributed by atoms with van der Waals surface area (Å²) in [4.78, 5) is 27.6. The highest BCUT2D eigenvalue weighted by atomic mass is 16.4. The van der Waals surface area contributed by atoms with Gasteiger partial charge in [0, 0.05) is 19.6 Å². The summed E-state index contributed by atoms with van der Waals surface area (Å²) in [5.74, 6) is -0.628. The fraction of sp³-hybridized carbons (Fsp3) is 0.867. The van der Waals surface area contributed by atoms with Gasteiger partial charge in [0.2, 0.25) is 5.91 Å². The van der Waals surface area contributed by atoms with E-state index in [2.05, 4.69) is 4.90 Å². The number of nitrogens with zero attached hydrogens (tertiary/aromatic N) is 2. The minimum atomic E-state index is -1.30. The van der Waals surface area contributed by atoms with Crippen LogP contribution in [-0.2, 0) is 9.59 Å². The Kier molecular flexibility index (Phi) is 4.68. The van der Waals surface area contributed by atoms with Crippen molar-refractivity contribution in [2.24, 2.45) is 11.3 Å². The van der Waals surface area contributed by atoms with Gasteiger partial charge in [0.05, 0.1) is 0 Å². The molecule has 0 aromatic heterocycles. The second-order valence-corrected chi connectivity index (χ2v) is 6.67. The van der Waals surface area contributed by atoms with E-state index in [1.165, 1.54) is 39.8 Å². The smallest absolute Gasteiger partial charge is 0.318 e. The molecule has 0 spiro atoms. The molecule has 1 amide bonds. The molecular weight excluding hydrogens is 256 g/mol. The molecule has 0 atom stereocenters. The normalized spacial score (nSPS) is 22.2. The van der Waals surface area contributed by atoms with Crippen LogP contribution in [0.2, 0.25) is 0 Å². The van der Waals surface area contributed by atoms with E-state index in [1.54, 1.807) is 4.90 Å². The van der Waals surface area contributed by atoms with Gasteiger partial charge in [-0.05, 0) is 58.5 Å². The maximum absolute atomic E-state index is 12.2. The summed E-state index contributed by atoms with van der Waals surface area (Å²) >= 11 is 0.